The topological polar surface area (TPSA) is 116 Å². The van der Waals surface area contributed by atoms with Crippen molar-refractivity contribution in [2.75, 3.05) is 0 Å². The third kappa shape index (κ3) is 1.88. The number of H-pyrrole nitrogens is 1. The quantitative estimate of drug-likeness (QED) is 0.580. The number of aromatic nitrogens is 1. The van der Waals surface area contributed by atoms with Crippen molar-refractivity contribution in [2.24, 2.45) is 0 Å². The number of nitro groups is 1. The first kappa shape index (κ1) is 12.9. The minimum absolute atomic E-state index is 0.150. The molecular weight excluding hydrogens is 252 g/mol. The van der Waals surface area contributed by atoms with E-state index in [1.807, 2.05) is 0 Å². The smallest absolute Gasteiger partial charge is 0.320 e. The SMILES string of the molecule is Cc1[nH]c2ccc(O)c([N+](=O)[O-])c2c1C(C)C(=O)O. The summed E-state index contributed by atoms with van der Waals surface area (Å²) in [6.45, 7) is 3.10. The number of benzene rings is 1. The second-order valence-electron chi connectivity index (χ2n) is 4.34. The van der Waals surface area contributed by atoms with Gasteiger partial charge in [-0.2, -0.15) is 0 Å². The number of carboxylic acids is 1. The van der Waals surface area contributed by atoms with E-state index in [4.69, 9.17) is 5.11 Å². The van der Waals surface area contributed by atoms with Gasteiger partial charge in [0.25, 0.3) is 0 Å². The molecule has 0 spiro atoms. The Bertz CT molecular complexity index is 689. The summed E-state index contributed by atoms with van der Waals surface area (Å²) in [7, 11) is 0. The molecule has 1 unspecified atom stereocenters. The van der Waals surface area contributed by atoms with Gasteiger partial charge in [0, 0.05) is 11.3 Å². The molecule has 1 atom stereocenters. The predicted molar refractivity (Wildman–Crippen MR) is 67.4 cm³/mol. The minimum Gasteiger partial charge on any atom is -0.502 e. The lowest BCUT2D eigenvalue weighted by molar-refractivity contribution is -0.384. The number of carboxylic acid groups (broad SMARTS) is 1. The van der Waals surface area contributed by atoms with Crippen molar-refractivity contribution in [1.82, 2.24) is 4.98 Å². The van der Waals surface area contributed by atoms with Crippen molar-refractivity contribution in [3.05, 3.63) is 33.5 Å². The monoisotopic (exact) mass is 264 g/mol. The van der Waals surface area contributed by atoms with Crippen LogP contribution in [0.4, 0.5) is 5.69 Å². The van der Waals surface area contributed by atoms with Gasteiger partial charge in [-0.25, -0.2) is 0 Å². The number of nitro benzene ring substituents is 1. The first-order chi connectivity index (χ1) is 8.84. The number of aromatic hydroxyl groups is 1. The summed E-state index contributed by atoms with van der Waals surface area (Å²) in [6, 6.07) is 2.70. The van der Waals surface area contributed by atoms with Gasteiger partial charge in [-0.05, 0) is 26.0 Å². The lowest BCUT2D eigenvalue weighted by Crippen LogP contribution is -2.08. The fourth-order valence-electron chi connectivity index (χ4n) is 2.26. The molecule has 1 aromatic carbocycles. The van der Waals surface area contributed by atoms with Crippen LogP contribution in [0.1, 0.15) is 24.1 Å². The number of nitrogens with one attached hydrogen (secondary N) is 1. The molecule has 1 heterocycles. The second kappa shape index (κ2) is 4.27. The van der Waals surface area contributed by atoms with Crippen LogP contribution in [0.25, 0.3) is 10.9 Å². The Morgan fingerprint density at radius 1 is 1.47 bits per heavy atom. The zero-order valence-electron chi connectivity index (χ0n) is 10.3. The van der Waals surface area contributed by atoms with E-state index in [1.54, 1.807) is 6.92 Å². The van der Waals surface area contributed by atoms with Crippen molar-refractivity contribution >= 4 is 22.6 Å². The summed E-state index contributed by atoms with van der Waals surface area (Å²) in [4.78, 5) is 24.4. The first-order valence-electron chi connectivity index (χ1n) is 5.56. The van der Waals surface area contributed by atoms with E-state index in [-0.39, 0.29) is 5.39 Å². The van der Waals surface area contributed by atoms with E-state index in [0.29, 0.717) is 16.8 Å². The van der Waals surface area contributed by atoms with Gasteiger partial charge in [-0.1, -0.05) is 0 Å². The zero-order valence-corrected chi connectivity index (χ0v) is 10.3. The summed E-state index contributed by atoms with van der Waals surface area (Å²) in [5.74, 6) is -2.47. The van der Waals surface area contributed by atoms with Gasteiger partial charge in [-0.3, -0.25) is 14.9 Å². The molecule has 19 heavy (non-hydrogen) atoms. The number of nitrogens with zero attached hydrogens (tertiary/aromatic N) is 1. The Kier molecular flexibility index (Phi) is 2.89. The van der Waals surface area contributed by atoms with Crippen LogP contribution in [0.5, 0.6) is 5.75 Å². The van der Waals surface area contributed by atoms with Crippen LogP contribution in [0.15, 0.2) is 12.1 Å². The molecule has 1 aromatic heterocycles. The van der Waals surface area contributed by atoms with Crippen molar-refractivity contribution in [3.8, 4) is 5.75 Å². The average Bonchev–Trinajstić information content (AvgIpc) is 2.63. The van der Waals surface area contributed by atoms with Gasteiger partial charge in [-0.15, -0.1) is 0 Å². The molecular formula is C12H12N2O5. The highest BCUT2D eigenvalue weighted by atomic mass is 16.6. The predicted octanol–water partition coefficient (Wildman–Crippen LogP) is 2.28. The van der Waals surface area contributed by atoms with E-state index in [9.17, 15) is 20.0 Å². The van der Waals surface area contributed by atoms with Crippen molar-refractivity contribution < 1.29 is 19.9 Å². The Hall–Kier alpha value is -2.57. The van der Waals surface area contributed by atoms with Crippen molar-refractivity contribution in [3.63, 3.8) is 0 Å². The molecule has 0 saturated carbocycles. The standard InChI is InChI=1S/C12H12N2O5/c1-5(12(16)17)9-6(2)13-7-3-4-8(15)11(10(7)9)14(18)19/h3-5,13,15H,1-2H3,(H,16,17). The number of fused-ring (bicyclic) bond motifs is 1. The van der Waals surface area contributed by atoms with Crippen LogP contribution in [-0.4, -0.2) is 26.1 Å². The maximum absolute atomic E-state index is 11.1. The highest BCUT2D eigenvalue weighted by molar-refractivity contribution is 5.98. The molecule has 7 heteroatoms. The number of hydrogen-bond donors (Lipinski definition) is 3. The van der Waals surface area contributed by atoms with Crippen LogP contribution >= 0.6 is 0 Å². The molecule has 0 fully saturated rings. The minimum atomic E-state index is -1.08. The molecule has 0 saturated heterocycles. The molecule has 0 radical (unpaired) electrons. The van der Waals surface area contributed by atoms with E-state index in [0.717, 1.165) is 0 Å². The lowest BCUT2D eigenvalue weighted by atomic mass is 9.97. The van der Waals surface area contributed by atoms with Crippen molar-refractivity contribution in [2.45, 2.75) is 19.8 Å². The normalized spacial score (nSPS) is 12.5. The molecule has 100 valence electrons. The van der Waals surface area contributed by atoms with Crippen LogP contribution < -0.4 is 0 Å². The average molecular weight is 264 g/mol. The highest BCUT2D eigenvalue weighted by Crippen LogP contribution is 2.40. The summed E-state index contributed by atoms with van der Waals surface area (Å²) < 4.78 is 0. The third-order valence-electron chi connectivity index (χ3n) is 3.14. The highest BCUT2D eigenvalue weighted by Gasteiger charge is 2.28. The van der Waals surface area contributed by atoms with Gasteiger partial charge in [0.1, 0.15) is 0 Å². The molecule has 0 bridgehead atoms. The van der Waals surface area contributed by atoms with Crippen LogP contribution in [-0.2, 0) is 4.79 Å². The fraction of sp³-hybridized carbons (Fsp3) is 0.250. The first-order valence-corrected chi connectivity index (χ1v) is 5.56. The summed E-state index contributed by atoms with van der Waals surface area (Å²) >= 11 is 0. The Morgan fingerprint density at radius 2 is 2.11 bits per heavy atom. The number of phenols is 1. The maximum atomic E-state index is 11.1. The largest absolute Gasteiger partial charge is 0.502 e. The molecule has 7 nitrogen and oxygen atoms in total. The van der Waals surface area contributed by atoms with Crippen LogP contribution in [0, 0.1) is 17.0 Å². The van der Waals surface area contributed by atoms with Gasteiger partial charge in [0.2, 0.25) is 0 Å². The molecule has 0 aliphatic heterocycles. The van der Waals surface area contributed by atoms with Gasteiger partial charge >= 0.3 is 11.7 Å². The van der Waals surface area contributed by atoms with E-state index in [1.165, 1.54) is 19.1 Å². The number of rotatable bonds is 3. The zero-order chi connectivity index (χ0) is 14.3. The second-order valence-corrected chi connectivity index (χ2v) is 4.34. The van der Waals surface area contributed by atoms with Crippen molar-refractivity contribution in [1.29, 1.82) is 0 Å². The molecule has 0 aliphatic carbocycles. The number of hydrogen-bond acceptors (Lipinski definition) is 4. The Labute approximate surface area is 107 Å². The number of aromatic amines is 1. The van der Waals surface area contributed by atoms with E-state index >= 15 is 0 Å². The number of aryl methyl sites for hydroxylation is 1. The molecule has 0 aliphatic rings. The maximum Gasteiger partial charge on any atom is 0.320 e. The van der Waals surface area contributed by atoms with Gasteiger partial charge < -0.3 is 15.2 Å². The number of aliphatic carboxylic acids is 1. The molecule has 0 amide bonds. The summed E-state index contributed by atoms with van der Waals surface area (Å²) in [5, 5.41) is 29.9. The van der Waals surface area contributed by atoms with Crippen LogP contribution in [0.3, 0.4) is 0 Å². The third-order valence-corrected chi connectivity index (χ3v) is 3.14. The Morgan fingerprint density at radius 3 is 2.63 bits per heavy atom. The van der Waals surface area contributed by atoms with Crippen LogP contribution in [0.2, 0.25) is 0 Å². The Balaban J connectivity index is 2.91. The fourth-order valence-corrected chi connectivity index (χ4v) is 2.26. The van der Waals surface area contributed by atoms with E-state index < -0.39 is 28.2 Å². The lowest BCUT2D eigenvalue weighted by Gasteiger charge is -2.07. The molecule has 3 N–H and O–H groups in total. The number of carbonyl (C=O) groups is 1. The molecule has 2 aromatic rings. The van der Waals surface area contributed by atoms with Gasteiger partial charge in [0.15, 0.2) is 5.75 Å². The molecule has 2 rings (SSSR count). The summed E-state index contributed by atoms with van der Waals surface area (Å²) in [5.41, 5.74) is 0.832. The van der Waals surface area contributed by atoms with Gasteiger partial charge in [0.05, 0.1) is 21.7 Å². The summed E-state index contributed by atoms with van der Waals surface area (Å²) in [6.07, 6.45) is 0. The van der Waals surface area contributed by atoms with E-state index in [2.05, 4.69) is 4.98 Å². The number of phenolic OH excluding ortho intramolecular Hbond substituents is 1.